The number of aromatic nitrogens is 1. The topological polar surface area (TPSA) is 33.2 Å². The Balaban J connectivity index is 1.87. The predicted octanol–water partition coefficient (Wildman–Crippen LogP) is 4.67. The lowest BCUT2D eigenvalue weighted by Crippen LogP contribution is -2.30. The summed E-state index contributed by atoms with van der Waals surface area (Å²) in [5.41, 5.74) is 2.30. The number of pyridine rings is 1. The molecule has 0 aliphatic carbocycles. The summed E-state index contributed by atoms with van der Waals surface area (Å²) in [6.07, 6.45) is 6.76. The molecule has 1 aromatic heterocycles. The Hall–Kier alpha value is -1.87. The van der Waals surface area contributed by atoms with Gasteiger partial charge in [-0.05, 0) is 48.6 Å². The standard InChI is InChI=1S/C19H23ClN2O/c1-3-18(16-7-5-13-21-14-16)22(2)19(23)8-4-6-15-9-11-17(20)12-10-15/h5,7,9-14,18H,3-4,6,8H2,1-2H3/t18-/m0/s1. The van der Waals surface area contributed by atoms with Gasteiger partial charge in [0.05, 0.1) is 6.04 Å². The summed E-state index contributed by atoms with van der Waals surface area (Å²) in [5.74, 6) is 0.176. The van der Waals surface area contributed by atoms with Crippen molar-refractivity contribution in [2.24, 2.45) is 0 Å². The zero-order valence-corrected chi connectivity index (χ0v) is 14.5. The Morgan fingerprint density at radius 1 is 1.26 bits per heavy atom. The minimum atomic E-state index is 0.0896. The summed E-state index contributed by atoms with van der Waals surface area (Å²) in [7, 11) is 1.88. The van der Waals surface area contributed by atoms with Crippen LogP contribution in [0.25, 0.3) is 0 Å². The van der Waals surface area contributed by atoms with E-state index in [-0.39, 0.29) is 11.9 Å². The van der Waals surface area contributed by atoms with Crippen molar-refractivity contribution in [3.8, 4) is 0 Å². The lowest BCUT2D eigenvalue weighted by molar-refractivity contribution is -0.132. The number of amides is 1. The first-order valence-corrected chi connectivity index (χ1v) is 8.39. The third kappa shape index (κ3) is 5.07. The molecule has 2 aromatic rings. The number of nitrogens with zero attached hydrogens (tertiary/aromatic N) is 2. The van der Waals surface area contributed by atoms with E-state index in [0.29, 0.717) is 6.42 Å². The number of carbonyl (C=O) groups is 1. The molecule has 1 aromatic carbocycles. The van der Waals surface area contributed by atoms with Crippen molar-refractivity contribution in [1.29, 1.82) is 0 Å². The van der Waals surface area contributed by atoms with Crippen LogP contribution in [0.15, 0.2) is 48.8 Å². The van der Waals surface area contributed by atoms with Gasteiger partial charge in [-0.1, -0.05) is 36.7 Å². The first-order valence-electron chi connectivity index (χ1n) is 8.02. The van der Waals surface area contributed by atoms with Crippen molar-refractivity contribution in [1.82, 2.24) is 9.88 Å². The molecule has 0 aliphatic heterocycles. The second-order valence-electron chi connectivity index (χ2n) is 5.70. The third-order valence-corrected chi connectivity index (χ3v) is 4.34. The molecule has 0 bridgehead atoms. The number of rotatable bonds is 7. The zero-order chi connectivity index (χ0) is 16.7. The van der Waals surface area contributed by atoms with E-state index >= 15 is 0 Å². The van der Waals surface area contributed by atoms with E-state index in [1.54, 1.807) is 6.20 Å². The minimum absolute atomic E-state index is 0.0896. The Labute approximate surface area is 143 Å². The molecule has 23 heavy (non-hydrogen) atoms. The maximum Gasteiger partial charge on any atom is 0.222 e. The highest BCUT2D eigenvalue weighted by molar-refractivity contribution is 6.30. The SMILES string of the molecule is CC[C@@H](c1cccnc1)N(C)C(=O)CCCc1ccc(Cl)cc1. The quantitative estimate of drug-likeness (QED) is 0.739. The molecule has 0 radical (unpaired) electrons. The van der Waals surface area contributed by atoms with Crippen molar-refractivity contribution in [3.05, 3.63) is 64.9 Å². The molecular weight excluding hydrogens is 308 g/mol. The summed E-state index contributed by atoms with van der Waals surface area (Å²) in [6.45, 7) is 2.09. The largest absolute Gasteiger partial charge is 0.339 e. The average Bonchev–Trinajstić information content (AvgIpc) is 2.58. The molecule has 3 nitrogen and oxygen atoms in total. The van der Waals surface area contributed by atoms with Crippen molar-refractivity contribution in [3.63, 3.8) is 0 Å². The highest BCUT2D eigenvalue weighted by Crippen LogP contribution is 2.23. The van der Waals surface area contributed by atoms with E-state index < -0.39 is 0 Å². The van der Waals surface area contributed by atoms with Crippen molar-refractivity contribution >= 4 is 17.5 Å². The summed E-state index contributed by atoms with van der Waals surface area (Å²) in [6, 6.07) is 11.8. The normalized spacial score (nSPS) is 12.0. The van der Waals surface area contributed by atoms with Gasteiger partial charge in [0.25, 0.3) is 0 Å². The molecule has 1 atom stereocenters. The third-order valence-electron chi connectivity index (χ3n) is 4.09. The van der Waals surface area contributed by atoms with Crippen molar-refractivity contribution in [2.45, 2.75) is 38.6 Å². The smallest absolute Gasteiger partial charge is 0.222 e. The van der Waals surface area contributed by atoms with Gasteiger partial charge >= 0.3 is 0 Å². The second kappa shape index (κ2) is 8.68. The van der Waals surface area contributed by atoms with E-state index in [1.165, 1.54) is 5.56 Å². The van der Waals surface area contributed by atoms with Gasteiger partial charge in [0.2, 0.25) is 5.91 Å². The Bertz CT molecular complexity index is 613. The van der Waals surface area contributed by atoms with Crippen LogP contribution in [0.4, 0.5) is 0 Å². The van der Waals surface area contributed by atoms with E-state index in [0.717, 1.165) is 29.8 Å². The molecule has 1 heterocycles. The molecule has 122 valence electrons. The average molecular weight is 331 g/mol. The van der Waals surface area contributed by atoms with Crippen LogP contribution < -0.4 is 0 Å². The number of halogens is 1. The van der Waals surface area contributed by atoms with Crippen LogP contribution >= 0.6 is 11.6 Å². The fourth-order valence-corrected chi connectivity index (χ4v) is 2.88. The molecule has 1 amide bonds. The maximum absolute atomic E-state index is 12.4. The maximum atomic E-state index is 12.4. The van der Waals surface area contributed by atoms with Gasteiger partial charge in [-0.25, -0.2) is 0 Å². The van der Waals surface area contributed by atoms with Gasteiger partial charge in [0.15, 0.2) is 0 Å². The number of hydrogen-bond acceptors (Lipinski definition) is 2. The van der Waals surface area contributed by atoms with E-state index in [2.05, 4.69) is 11.9 Å². The molecule has 2 rings (SSSR count). The highest BCUT2D eigenvalue weighted by Gasteiger charge is 2.19. The summed E-state index contributed by atoms with van der Waals surface area (Å²) < 4.78 is 0. The minimum Gasteiger partial charge on any atom is -0.339 e. The molecule has 0 unspecified atom stereocenters. The van der Waals surface area contributed by atoms with Gasteiger partial charge in [-0.2, -0.15) is 0 Å². The monoisotopic (exact) mass is 330 g/mol. The Kier molecular flexibility index (Phi) is 6.60. The lowest BCUT2D eigenvalue weighted by atomic mass is 10.0. The second-order valence-corrected chi connectivity index (χ2v) is 6.13. The fourth-order valence-electron chi connectivity index (χ4n) is 2.75. The van der Waals surface area contributed by atoms with Crippen LogP contribution in [0.2, 0.25) is 5.02 Å². The van der Waals surface area contributed by atoms with Crippen molar-refractivity contribution < 1.29 is 4.79 Å². The van der Waals surface area contributed by atoms with Crippen LogP contribution in [0, 0.1) is 0 Å². The lowest BCUT2D eigenvalue weighted by Gasteiger charge is -2.27. The fraction of sp³-hybridized carbons (Fsp3) is 0.368. The molecule has 0 fully saturated rings. The van der Waals surface area contributed by atoms with Crippen LogP contribution in [0.5, 0.6) is 0 Å². The first-order chi connectivity index (χ1) is 11.1. The molecule has 0 saturated carbocycles. The Morgan fingerprint density at radius 2 is 2.00 bits per heavy atom. The molecule has 0 aliphatic rings. The summed E-state index contributed by atoms with van der Waals surface area (Å²) in [4.78, 5) is 18.4. The Morgan fingerprint density at radius 3 is 2.61 bits per heavy atom. The molecule has 0 saturated heterocycles. The summed E-state index contributed by atoms with van der Waals surface area (Å²) in [5, 5.41) is 0.742. The van der Waals surface area contributed by atoms with Crippen molar-refractivity contribution in [2.75, 3.05) is 7.05 Å². The van der Waals surface area contributed by atoms with Gasteiger partial charge in [0, 0.05) is 30.9 Å². The van der Waals surface area contributed by atoms with Crippen LogP contribution in [0.3, 0.4) is 0 Å². The van der Waals surface area contributed by atoms with Gasteiger partial charge < -0.3 is 4.90 Å². The van der Waals surface area contributed by atoms with Crippen LogP contribution in [0.1, 0.15) is 43.4 Å². The summed E-state index contributed by atoms with van der Waals surface area (Å²) >= 11 is 5.88. The number of hydrogen-bond donors (Lipinski definition) is 0. The zero-order valence-electron chi connectivity index (χ0n) is 13.7. The van der Waals surface area contributed by atoms with E-state index in [4.69, 9.17) is 11.6 Å². The van der Waals surface area contributed by atoms with Gasteiger partial charge in [-0.3, -0.25) is 9.78 Å². The predicted molar refractivity (Wildman–Crippen MR) is 94.4 cm³/mol. The molecule has 0 N–H and O–H groups in total. The first kappa shape index (κ1) is 17.5. The van der Waals surface area contributed by atoms with Crippen LogP contribution in [-0.4, -0.2) is 22.8 Å². The number of carbonyl (C=O) groups excluding carboxylic acids is 1. The number of aryl methyl sites for hydroxylation is 1. The molecular formula is C19H23ClN2O. The van der Waals surface area contributed by atoms with E-state index in [1.807, 2.05) is 54.5 Å². The van der Waals surface area contributed by atoms with Crippen LogP contribution in [-0.2, 0) is 11.2 Å². The molecule has 4 heteroatoms. The van der Waals surface area contributed by atoms with E-state index in [9.17, 15) is 4.79 Å². The number of benzene rings is 1. The molecule has 0 spiro atoms. The van der Waals surface area contributed by atoms with Gasteiger partial charge in [0.1, 0.15) is 0 Å². The van der Waals surface area contributed by atoms with Gasteiger partial charge in [-0.15, -0.1) is 0 Å². The highest BCUT2D eigenvalue weighted by atomic mass is 35.5.